The number of hydrogen-bond acceptors (Lipinski definition) is 4. The van der Waals surface area contributed by atoms with Crippen molar-refractivity contribution >= 4 is 17.8 Å². The van der Waals surface area contributed by atoms with Gasteiger partial charge in [-0.2, -0.15) is 5.10 Å². The number of nitro groups is 1. The van der Waals surface area contributed by atoms with Crippen LogP contribution in [-0.4, -0.2) is 17.0 Å². The fourth-order valence-corrected chi connectivity index (χ4v) is 2.14. The number of carbonyl (C=O) groups excluding carboxylic acids is 1. The zero-order chi connectivity index (χ0) is 17.7. The van der Waals surface area contributed by atoms with E-state index < -0.39 is 10.8 Å². The number of aryl methyl sites for hydroxylation is 1. The van der Waals surface area contributed by atoms with Crippen molar-refractivity contribution in [1.29, 1.82) is 0 Å². The number of benzene rings is 2. The Morgan fingerprint density at radius 3 is 2.46 bits per heavy atom. The lowest BCUT2D eigenvalue weighted by Gasteiger charge is -2.04. The minimum atomic E-state index is -0.508. The van der Waals surface area contributed by atoms with Crippen LogP contribution in [0.2, 0.25) is 0 Å². The Labute approximate surface area is 140 Å². The molecule has 0 unspecified atom stereocenters. The molecule has 1 N–H and O–H groups in total. The molecule has 0 aromatic heterocycles. The summed E-state index contributed by atoms with van der Waals surface area (Å²) < 4.78 is 0. The van der Waals surface area contributed by atoms with E-state index in [1.165, 1.54) is 23.9 Å². The summed E-state index contributed by atoms with van der Waals surface area (Å²) in [5, 5.41) is 14.8. The van der Waals surface area contributed by atoms with Gasteiger partial charge in [0.25, 0.3) is 11.6 Å². The van der Waals surface area contributed by atoms with Gasteiger partial charge in [0, 0.05) is 17.2 Å². The SMILES string of the molecule is Cc1ccc(C(=O)N/N=C\c2ccc(C(C)C)cc2)cc1[N+](=O)[O-]. The second-order valence-electron chi connectivity index (χ2n) is 5.78. The fraction of sp³-hybridized carbons (Fsp3) is 0.222. The van der Waals surface area contributed by atoms with Crippen molar-refractivity contribution in [2.75, 3.05) is 0 Å². The van der Waals surface area contributed by atoms with Crippen LogP contribution in [0.25, 0.3) is 0 Å². The Hall–Kier alpha value is -3.02. The van der Waals surface area contributed by atoms with E-state index in [0.717, 1.165) is 5.56 Å². The molecule has 0 saturated carbocycles. The van der Waals surface area contributed by atoms with E-state index in [1.807, 2.05) is 24.3 Å². The molecule has 2 aromatic rings. The van der Waals surface area contributed by atoms with Crippen LogP contribution < -0.4 is 5.43 Å². The molecule has 0 atom stereocenters. The topological polar surface area (TPSA) is 84.6 Å². The van der Waals surface area contributed by atoms with Gasteiger partial charge in [0.05, 0.1) is 11.1 Å². The van der Waals surface area contributed by atoms with Crippen LogP contribution in [0.5, 0.6) is 0 Å². The number of hydrogen-bond donors (Lipinski definition) is 1. The first-order valence-electron chi connectivity index (χ1n) is 7.57. The Morgan fingerprint density at radius 2 is 1.88 bits per heavy atom. The fourth-order valence-electron chi connectivity index (χ4n) is 2.14. The van der Waals surface area contributed by atoms with E-state index in [0.29, 0.717) is 11.5 Å². The maximum absolute atomic E-state index is 12.0. The van der Waals surface area contributed by atoms with Crippen molar-refractivity contribution in [3.8, 4) is 0 Å². The van der Waals surface area contributed by atoms with Crippen LogP contribution in [0, 0.1) is 17.0 Å². The molecule has 0 radical (unpaired) electrons. The van der Waals surface area contributed by atoms with Gasteiger partial charge in [-0.25, -0.2) is 5.43 Å². The van der Waals surface area contributed by atoms with Crippen LogP contribution in [0.3, 0.4) is 0 Å². The highest BCUT2D eigenvalue weighted by atomic mass is 16.6. The van der Waals surface area contributed by atoms with Gasteiger partial charge in [-0.05, 0) is 30.0 Å². The maximum atomic E-state index is 12.0. The highest BCUT2D eigenvalue weighted by Crippen LogP contribution is 2.19. The number of rotatable bonds is 5. The molecule has 1 amide bonds. The third-order valence-electron chi connectivity index (χ3n) is 3.65. The second kappa shape index (κ2) is 7.50. The quantitative estimate of drug-likeness (QED) is 0.515. The molecule has 6 heteroatoms. The smallest absolute Gasteiger partial charge is 0.267 e. The lowest BCUT2D eigenvalue weighted by molar-refractivity contribution is -0.385. The standard InChI is InChI=1S/C18H19N3O3/c1-12(2)15-8-5-14(6-9-15)11-19-20-18(22)16-7-4-13(3)17(10-16)21(23)24/h4-12H,1-3H3,(H,20,22)/b19-11-. The molecular weight excluding hydrogens is 306 g/mol. The summed E-state index contributed by atoms with van der Waals surface area (Å²) in [6.45, 7) is 5.85. The first kappa shape index (κ1) is 17.3. The number of amides is 1. The third-order valence-corrected chi connectivity index (χ3v) is 3.65. The molecular formula is C18H19N3O3. The molecule has 6 nitrogen and oxygen atoms in total. The van der Waals surface area contributed by atoms with E-state index in [4.69, 9.17) is 0 Å². The molecule has 0 aliphatic rings. The van der Waals surface area contributed by atoms with Crippen molar-refractivity contribution in [2.24, 2.45) is 5.10 Å². The Kier molecular flexibility index (Phi) is 5.42. The average molecular weight is 325 g/mol. The van der Waals surface area contributed by atoms with Gasteiger partial charge >= 0.3 is 0 Å². The lowest BCUT2D eigenvalue weighted by Crippen LogP contribution is -2.17. The van der Waals surface area contributed by atoms with Crippen LogP contribution in [0.1, 0.15) is 46.8 Å². The van der Waals surface area contributed by atoms with E-state index in [1.54, 1.807) is 13.0 Å². The maximum Gasteiger partial charge on any atom is 0.273 e. The van der Waals surface area contributed by atoms with Crippen molar-refractivity contribution in [1.82, 2.24) is 5.43 Å². The molecule has 2 rings (SSSR count). The lowest BCUT2D eigenvalue weighted by atomic mass is 10.0. The Morgan fingerprint density at radius 1 is 1.21 bits per heavy atom. The van der Waals surface area contributed by atoms with Crippen molar-refractivity contribution < 1.29 is 9.72 Å². The molecule has 0 bridgehead atoms. The first-order chi connectivity index (χ1) is 11.4. The van der Waals surface area contributed by atoms with Crippen LogP contribution in [-0.2, 0) is 0 Å². The predicted molar refractivity (Wildman–Crippen MR) is 93.4 cm³/mol. The largest absolute Gasteiger partial charge is 0.273 e. The Balaban J connectivity index is 2.05. The van der Waals surface area contributed by atoms with Gasteiger partial charge in [-0.15, -0.1) is 0 Å². The van der Waals surface area contributed by atoms with Crippen molar-refractivity contribution in [3.63, 3.8) is 0 Å². The van der Waals surface area contributed by atoms with Crippen molar-refractivity contribution in [2.45, 2.75) is 26.7 Å². The van der Waals surface area contributed by atoms with E-state index in [2.05, 4.69) is 24.4 Å². The number of nitrogens with zero attached hydrogens (tertiary/aromatic N) is 2. The average Bonchev–Trinajstić information content (AvgIpc) is 2.55. The second-order valence-corrected chi connectivity index (χ2v) is 5.78. The molecule has 0 aliphatic heterocycles. The molecule has 24 heavy (non-hydrogen) atoms. The molecule has 0 saturated heterocycles. The summed E-state index contributed by atoms with van der Waals surface area (Å²) in [4.78, 5) is 22.4. The zero-order valence-electron chi connectivity index (χ0n) is 13.8. The number of nitrogens with one attached hydrogen (secondary N) is 1. The Bertz CT molecular complexity index is 781. The van der Waals surface area contributed by atoms with E-state index >= 15 is 0 Å². The summed E-state index contributed by atoms with van der Waals surface area (Å²) in [6, 6.07) is 12.2. The predicted octanol–water partition coefficient (Wildman–Crippen LogP) is 3.79. The molecule has 0 heterocycles. The highest BCUT2D eigenvalue weighted by Gasteiger charge is 2.14. The van der Waals surface area contributed by atoms with Gasteiger partial charge in [-0.1, -0.05) is 44.2 Å². The molecule has 124 valence electrons. The summed E-state index contributed by atoms with van der Waals surface area (Å²) in [6.07, 6.45) is 1.53. The monoisotopic (exact) mass is 325 g/mol. The number of carbonyl (C=O) groups is 1. The normalized spacial score (nSPS) is 11.0. The van der Waals surface area contributed by atoms with Gasteiger partial charge in [0.2, 0.25) is 0 Å². The molecule has 0 spiro atoms. The minimum Gasteiger partial charge on any atom is -0.267 e. The van der Waals surface area contributed by atoms with Gasteiger partial charge in [0.1, 0.15) is 0 Å². The number of nitro benzene ring substituents is 1. The minimum absolute atomic E-state index is 0.0871. The van der Waals surface area contributed by atoms with Crippen LogP contribution >= 0.6 is 0 Å². The van der Waals surface area contributed by atoms with E-state index in [9.17, 15) is 14.9 Å². The molecule has 2 aromatic carbocycles. The highest BCUT2D eigenvalue weighted by molar-refractivity contribution is 5.95. The van der Waals surface area contributed by atoms with E-state index in [-0.39, 0.29) is 11.3 Å². The summed E-state index contributed by atoms with van der Waals surface area (Å²) in [5.74, 6) is -0.0406. The summed E-state index contributed by atoms with van der Waals surface area (Å²) in [7, 11) is 0. The summed E-state index contributed by atoms with van der Waals surface area (Å²) in [5.41, 5.74) is 5.07. The third kappa shape index (κ3) is 4.25. The van der Waals surface area contributed by atoms with Gasteiger partial charge in [-0.3, -0.25) is 14.9 Å². The van der Waals surface area contributed by atoms with Crippen LogP contribution in [0.15, 0.2) is 47.6 Å². The zero-order valence-corrected chi connectivity index (χ0v) is 13.8. The van der Waals surface area contributed by atoms with Crippen molar-refractivity contribution in [3.05, 3.63) is 74.8 Å². The molecule has 0 fully saturated rings. The van der Waals surface area contributed by atoms with Gasteiger partial charge < -0.3 is 0 Å². The van der Waals surface area contributed by atoms with Crippen LogP contribution in [0.4, 0.5) is 5.69 Å². The summed E-state index contributed by atoms with van der Waals surface area (Å²) >= 11 is 0. The number of hydrazone groups is 1. The molecule has 0 aliphatic carbocycles. The first-order valence-corrected chi connectivity index (χ1v) is 7.57. The van der Waals surface area contributed by atoms with Gasteiger partial charge in [0.15, 0.2) is 0 Å².